The average molecular weight is 142 g/mol. The highest BCUT2D eigenvalue weighted by Crippen LogP contribution is 1.82. The van der Waals surface area contributed by atoms with Crippen LogP contribution in [0.3, 0.4) is 0 Å². The van der Waals surface area contributed by atoms with Gasteiger partial charge in [-0.1, -0.05) is 13.3 Å². The highest BCUT2D eigenvalue weighted by atomic mass is 16.2. The van der Waals surface area contributed by atoms with Gasteiger partial charge in [-0.15, -0.1) is 0 Å². The van der Waals surface area contributed by atoms with Crippen molar-refractivity contribution in [1.82, 2.24) is 5.32 Å². The fraction of sp³-hybridized carbons (Fsp3) is 0.714. The third kappa shape index (κ3) is 5.28. The van der Waals surface area contributed by atoms with Gasteiger partial charge in [0.2, 0.25) is 12.2 Å². The van der Waals surface area contributed by atoms with Crippen molar-refractivity contribution in [2.45, 2.75) is 26.2 Å². The van der Waals surface area contributed by atoms with Gasteiger partial charge in [0.1, 0.15) is 0 Å². The molecule has 1 amide bonds. The summed E-state index contributed by atoms with van der Waals surface area (Å²) in [6.07, 6.45) is 3.41. The molecule has 0 aliphatic heterocycles. The van der Waals surface area contributed by atoms with Crippen LogP contribution in [0.4, 0.5) is 0 Å². The number of unbranched alkanes of at least 4 members (excludes halogenated alkanes) is 1. The Bertz CT molecular complexity index is 112. The maximum atomic E-state index is 10.5. The second-order valence-electron chi connectivity index (χ2n) is 2.02. The molecule has 0 unspecified atom stereocenters. The summed E-state index contributed by atoms with van der Waals surface area (Å²) < 4.78 is 0. The molecule has 0 fully saturated rings. The normalized spacial score (nSPS) is 8.90. The van der Waals surface area contributed by atoms with E-state index in [4.69, 9.17) is 0 Å². The molecule has 0 atom stereocenters. The van der Waals surface area contributed by atoms with Gasteiger partial charge in [0.05, 0.1) is 6.42 Å². The van der Waals surface area contributed by atoms with E-state index in [0.717, 1.165) is 12.8 Å². The molecule has 0 saturated heterocycles. The fourth-order valence-corrected chi connectivity index (χ4v) is 0.533. The van der Waals surface area contributed by atoms with Crippen LogP contribution in [-0.4, -0.2) is 18.7 Å². The van der Waals surface area contributed by atoms with Crippen molar-refractivity contribution in [1.29, 1.82) is 0 Å². The Hall–Kier alpha value is -0.860. The monoisotopic (exact) mass is 142 g/mol. The van der Waals surface area contributed by atoms with Crippen molar-refractivity contribution in [3.05, 3.63) is 0 Å². The Morgan fingerprint density at radius 2 is 2.30 bits per heavy atom. The Morgan fingerprint density at radius 1 is 1.60 bits per heavy atom. The average Bonchev–Trinajstić information content (AvgIpc) is 1.89. The van der Waals surface area contributed by atoms with Crippen molar-refractivity contribution >= 4 is 12.2 Å². The number of amides is 1. The first kappa shape index (κ1) is 9.14. The second kappa shape index (κ2) is 6.26. The summed E-state index contributed by atoms with van der Waals surface area (Å²) in [5.74, 6) is -0.233. The molecule has 57 valence electrons. The topological polar surface area (TPSA) is 46.2 Å². The molecule has 10 heavy (non-hydrogen) atoms. The number of carbonyl (C=O) groups is 1. The smallest absolute Gasteiger partial charge is 0.227 e. The van der Waals surface area contributed by atoms with Gasteiger partial charge in [-0.25, -0.2) is 0 Å². The molecule has 1 radical (unpaired) electrons. The number of hydrogen-bond donors (Lipinski definition) is 1. The molecule has 0 aromatic rings. The first-order valence-electron chi connectivity index (χ1n) is 3.43. The summed E-state index contributed by atoms with van der Waals surface area (Å²) in [5.41, 5.74) is 0. The van der Waals surface area contributed by atoms with Crippen LogP contribution >= 0.6 is 0 Å². The van der Waals surface area contributed by atoms with E-state index in [1.54, 1.807) is 0 Å². The maximum absolute atomic E-state index is 10.5. The van der Waals surface area contributed by atoms with Gasteiger partial charge in [-0.3, -0.25) is 9.59 Å². The van der Waals surface area contributed by atoms with Crippen LogP contribution in [0.25, 0.3) is 0 Å². The largest absolute Gasteiger partial charge is 0.356 e. The zero-order valence-corrected chi connectivity index (χ0v) is 6.14. The predicted octanol–water partition coefficient (Wildman–Crippen LogP) is 0.402. The van der Waals surface area contributed by atoms with Gasteiger partial charge < -0.3 is 5.32 Å². The van der Waals surface area contributed by atoms with E-state index in [1.807, 2.05) is 6.92 Å². The van der Waals surface area contributed by atoms with E-state index >= 15 is 0 Å². The number of nitrogens with one attached hydrogen (secondary N) is 1. The minimum absolute atomic E-state index is 0.135. The van der Waals surface area contributed by atoms with Crippen molar-refractivity contribution < 1.29 is 9.59 Å². The van der Waals surface area contributed by atoms with Gasteiger partial charge in [-0.05, 0) is 6.42 Å². The number of rotatable bonds is 5. The molecule has 0 rings (SSSR count). The lowest BCUT2D eigenvalue weighted by molar-refractivity contribution is -0.119. The van der Waals surface area contributed by atoms with Crippen LogP contribution in [0, 0.1) is 0 Å². The standard InChI is InChI=1S/C7H12NO2/c1-2-3-5-8-7(10)4-6-9/h2-5H2,1H3,(H,8,10). The van der Waals surface area contributed by atoms with Gasteiger partial charge in [0.25, 0.3) is 0 Å². The van der Waals surface area contributed by atoms with E-state index < -0.39 is 0 Å². The van der Waals surface area contributed by atoms with Crippen LogP contribution in [0.15, 0.2) is 0 Å². The van der Waals surface area contributed by atoms with Crippen molar-refractivity contribution in [3.63, 3.8) is 0 Å². The summed E-state index contributed by atoms with van der Waals surface area (Å²) >= 11 is 0. The Morgan fingerprint density at radius 3 is 2.80 bits per heavy atom. The number of hydrogen-bond acceptors (Lipinski definition) is 2. The molecule has 0 saturated carbocycles. The Balaban J connectivity index is 3.13. The molecular weight excluding hydrogens is 130 g/mol. The summed E-state index contributed by atoms with van der Waals surface area (Å²) in [6.45, 7) is 2.70. The highest BCUT2D eigenvalue weighted by Gasteiger charge is 1.96. The fourth-order valence-electron chi connectivity index (χ4n) is 0.533. The van der Waals surface area contributed by atoms with E-state index in [9.17, 15) is 9.59 Å². The minimum Gasteiger partial charge on any atom is -0.356 e. The molecule has 0 aliphatic rings. The summed E-state index contributed by atoms with van der Waals surface area (Å²) in [5, 5.41) is 2.58. The molecule has 0 aromatic heterocycles. The first-order chi connectivity index (χ1) is 4.81. The predicted molar refractivity (Wildman–Crippen MR) is 38.2 cm³/mol. The van der Waals surface area contributed by atoms with Gasteiger partial charge in [0.15, 0.2) is 0 Å². The maximum Gasteiger partial charge on any atom is 0.227 e. The third-order valence-electron chi connectivity index (χ3n) is 1.09. The van der Waals surface area contributed by atoms with Crippen LogP contribution in [-0.2, 0) is 9.59 Å². The van der Waals surface area contributed by atoms with Crippen LogP contribution in [0.2, 0.25) is 0 Å². The summed E-state index contributed by atoms with van der Waals surface area (Å²) in [4.78, 5) is 20.2. The summed E-state index contributed by atoms with van der Waals surface area (Å²) in [6, 6.07) is 0. The quantitative estimate of drug-likeness (QED) is 0.446. The summed E-state index contributed by atoms with van der Waals surface area (Å²) in [7, 11) is 0. The molecule has 0 spiro atoms. The van der Waals surface area contributed by atoms with Crippen LogP contribution < -0.4 is 5.32 Å². The Kier molecular flexibility index (Phi) is 5.72. The molecular formula is C7H12NO2. The molecule has 0 bridgehead atoms. The lowest BCUT2D eigenvalue weighted by Crippen LogP contribution is -2.24. The van der Waals surface area contributed by atoms with Crippen molar-refractivity contribution in [2.75, 3.05) is 6.54 Å². The van der Waals surface area contributed by atoms with Crippen molar-refractivity contribution in [2.24, 2.45) is 0 Å². The zero-order valence-electron chi connectivity index (χ0n) is 6.14. The molecule has 0 aromatic carbocycles. The molecule has 1 N–H and O–H groups in total. The second-order valence-corrected chi connectivity index (χ2v) is 2.02. The van der Waals surface area contributed by atoms with Crippen LogP contribution in [0.1, 0.15) is 26.2 Å². The van der Waals surface area contributed by atoms with E-state index in [-0.39, 0.29) is 12.3 Å². The lowest BCUT2D eigenvalue weighted by Gasteiger charge is -1.98. The minimum atomic E-state index is -0.233. The van der Waals surface area contributed by atoms with Gasteiger partial charge in [-0.2, -0.15) is 0 Å². The Labute approximate surface area is 60.8 Å². The van der Waals surface area contributed by atoms with E-state index in [1.165, 1.54) is 6.29 Å². The van der Waals surface area contributed by atoms with E-state index in [0.29, 0.717) is 6.54 Å². The molecule has 3 heteroatoms. The lowest BCUT2D eigenvalue weighted by atomic mass is 10.3. The van der Waals surface area contributed by atoms with Gasteiger partial charge in [0, 0.05) is 6.54 Å². The molecule has 0 heterocycles. The highest BCUT2D eigenvalue weighted by molar-refractivity contribution is 5.88. The zero-order chi connectivity index (χ0) is 7.82. The molecule has 3 nitrogen and oxygen atoms in total. The SMILES string of the molecule is CCCCNC(=O)C[C]=O. The number of carbonyl (C=O) groups excluding carboxylic acids is 2. The van der Waals surface area contributed by atoms with Gasteiger partial charge >= 0.3 is 0 Å². The van der Waals surface area contributed by atoms with Crippen LogP contribution in [0.5, 0.6) is 0 Å². The first-order valence-corrected chi connectivity index (χ1v) is 3.43. The third-order valence-corrected chi connectivity index (χ3v) is 1.09. The van der Waals surface area contributed by atoms with Crippen molar-refractivity contribution in [3.8, 4) is 0 Å². The molecule has 0 aliphatic carbocycles. The van der Waals surface area contributed by atoms with E-state index in [2.05, 4.69) is 5.32 Å².